The molecule has 3 aromatic rings. The van der Waals surface area contributed by atoms with E-state index in [2.05, 4.69) is 20.2 Å². The van der Waals surface area contributed by atoms with Crippen molar-refractivity contribution in [2.24, 2.45) is 10.2 Å². The molecular formula is C13H10N4O. The molecule has 0 radical (unpaired) electrons. The molecule has 0 atom stereocenters. The molecule has 3 rings (SSSR count). The van der Waals surface area contributed by atoms with Crippen molar-refractivity contribution in [3.8, 4) is 5.75 Å². The molecule has 88 valence electrons. The average molecular weight is 238 g/mol. The van der Waals surface area contributed by atoms with E-state index in [0.29, 0.717) is 5.69 Å². The fourth-order valence-corrected chi connectivity index (χ4v) is 1.62. The summed E-state index contributed by atoms with van der Waals surface area (Å²) in [5, 5.41) is 17.4. The summed E-state index contributed by atoms with van der Waals surface area (Å²) < 4.78 is 0. The fourth-order valence-electron chi connectivity index (χ4n) is 1.62. The highest BCUT2D eigenvalue weighted by atomic mass is 16.3. The number of aromatic amines is 1. The lowest BCUT2D eigenvalue weighted by molar-refractivity contribution is 0.475. The predicted molar refractivity (Wildman–Crippen MR) is 68.4 cm³/mol. The van der Waals surface area contributed by atoms with Crippen LogP contribution in [-0.2, 0) is 0 Å². The van der Waals surface area contributed by atoms with Crippen molar-refractivity contribution < 1.29 is 5.11 Å². The molecule has 5 nitrogen and oxygen atoms in total. The number of nitrogens with zero attached hydrogens (tertiary/aromatic N) is 3. The SMILES string of the molecule is Oc1ccc(/N=N/c2ccc3nc[nH]c3c2)cc1. The van der Waals surface area contributed by atoms with Crippen molar-refractivity contribution in [1.82, 2.24) is 9.97 Å². The standard InChI is InChI=1S/C13H10N4O/c18-11-4-1-9(2-5-11)16-17-10-3-6-12-13(7-10)15-8-14-12/h1-8,18H,(H,14,15)/b17-16+. The van der Waals surface area contributed by atoms with Crippen molar-refractivity contribution in [3.05, 3.63) is 48.8 Å². The van der Waals surface area contributed by atoms with Crippen LogP contribution in [0.15, 0.2) is 59.0 Å². The van der Waals surface area contributed by atoms with E-state index in [9.17, 15) is 0 Å². The highest BCUT2D eigenvalue weighted by Gasteiger charge is 1.97. The summed E-state index contributed by atoms with van der Waals surface area (Å²) in [5.74, 6) is 0.216. The van der Waals surface area contributed by atoms with Gasteiger partial charge in [0.25, 0.3) is 0 Å². The van der Waals surface area contributed by atoms with Gasteiger partial charge in [-0.1, -0.05) is 0 Å². The molecule has 0 saturated heterocycles. The first kappa shape index (κ1) is 10.5. The van der Waals surface area contributed by atoms with E-state index in [-0.39, 0.29) is 5.75 Å². The Bertz CT molecular complexity index is 700. The van der Waals surface area contributed by atoms with Gasteiger partial charge in [-0.25, -0.2) is 4.98 Å². The molecule has 5 heteroatoms. The van der Waals surface area contributed by atoms with Crippen molar-refractivity contribution >= 4 is 22.4 Å². The Hall–Kier alpha value is -2.69. The number of phenolic OH excluding ortho intramolecular Hbond substituents is 1. The number of hydrogen-bond donors (Lipinski definition) is 2. The number of rotatable bonds is 2. The predicted octanol–water partition coefficient (Wildman–Crippen LogP) is 3.68. The second kappa shape index (κ2) is 4.29. The van der Waals surface area contributed by atoms with E-state index in [1.165, 1.54) is 0 Å². The molecule has 0 aliphatic carbocycles. The lowest BCUT2D eigenvalue weighted by Gasteiger charge is -1.94. The van der Waals surface area contributed by atoms with Gasteiger partial charge in [0.05, 0.1) is 28.7 Å². The zero-order valence-electron chi connectivity index (χ0n) is 9.41. The lowest BCUT2D eigenvalue weighted by atomic mass is 10.3. The molecule has 0 aliphatic rings. The Kier molecular flexibility index (Phi) is 2.49. The molecular weight excluding hydrogens is 228 g/mol. The quantitative estimate of drug-likeness (QED) is 0.668. The first-order chi connectivity index (χ1) is 8.81. The van der Waals surface area contributed by atoms with Gasteiger partial charge in [0.15, 0.2) is 0 Å². The number of aromatic nitrogens is 2. The average Bonchev–Trinajstić information content (AvgIpc) is 2.85. The van der Waals surface area contributed by atoms with Gasteiger partial charge < -0.3 is 10.1 Å². The number of nitrogens with one attached hydrogen (secondary N) is 1. The maximum absolute atomic E-state index is 9.15. The first-order valence-corrected chi connectivity index (χ1v) is 5.45. The number of aromatic hydroxyl groups is 1. The Balaban J connectivity index is 1.88. The van der Waals surface area contributed by atoms with Crippen LogP contribution in [0.5, 0.6) is 5.75 Å². The third-order valence-electron chi connectivity index (χ3n) is 2.53. The van der Waals surface area contributed by atoms with E-state index >= 15 is 0 Å². The zero-order valence-corrected chi connectivity index (χ0v) is 9.41. The van der Waals surface area contributed by atoms with E-state index in [0.717, 1.165) is 16.7 Å². The molecule has 2 N–H and O–H groups in total. The van der Waals surface area contributed by atoms with Gasteiger partial charge in [-0.05, 0) is 42.5 Å². The number of benzene rings is 2. The largest absolute Gasteiger partial charge is 0.508 e. The summed E-state index contributed by atoms with van der Waals surface area (Å²) in [4.78, 5) is 7.15. The number of phenols is 1. The highest BCUT2D eigenvalue weighted by Crippen LogP contribution is 2.22. The van der Waals surface area contributed by atoms with Gasteiger partial charge in [-0.15, -0.1) is 0 Å². The van der Waals surface area contributed by atoms with Gasteiger partial charge in [-0.3, -0.25) is 0 Å². The lowest BCUT2D eigenvalue weighted by Crippen LogP contribution is -1.69. The second-order valence-electron chi connectivity index (χ2n) is 3.82. The summed E-state index contributed by atoms with van der Waals surface area (Å²) in [5.41, 5.74) is 3.27. The second-order valence-corrected chi connectivity index (χ2v) is 3.82. The molecule has 0 aliphatic heterocycles. The summed E-state index contributed by atoms with van der Waals surface area (Å²) in [6.07, 6.45) is 1.64. The molecule has 0 unspecified atom stereocenters. The Morgan fingerprint density at radius 2 is 1.67 bits per heavy atom. The Morgan fingerprint density at radius 3 is 2.50 bits per heavy atom. The summed E-state index contributed by atoms with van der Waals surface area (Å²) in [6.45, 7) is 0. The third kappa shape index (κ3) is 2.06. The molecule has 0 bridgehead atoms. The summed E-state index contributed by atoms with van der Waals surface area (Å²) in [7, 11) is 0. The number of hydrogen-bond acceptors (Lipinski definition) is 4. The molecule has 0 spiro atoms. The van der Waals surface area contributed by atoms with Crippen LogP contribution in [0.3, 0.4) is 0 Å². The third-order valence-corrected chi connectivity index (χ3v) is 2.53. The van der Waals surface area contributed by atoms with Crippen LogP contribution in [-0.4, -0.2) is 15.1 Å². The minimum Gasteiger partial charge on any atom is -0.508 e. The van der Waals surface area contributed by atoms with Crippen molar-refractivity contribution in [3.63, 3.8) is 0 Å². The molecule has 1 aromatic heterocycles. The summed E-state index contributed by atoms with van der Waals surface area (Å²) >= 11 is 0. The maximum Gasteiger partial charge on any atom is 0.115 e. The fraction of sp³-hybridized carbons (Fsp3) is 0. The van der Waals surface area contributed by atoms with E-state index in [1.807, 2.05) is 18.2 Å². The smallest absolute Gasteiger partial charge is 0.115 e. The molecule has 0 saturated carbocycles. The van der Waals surface area contributed by atoms with Gasteiger partial charge in [0.1, 0.15) is 5.75 Å². The van der Waals surface area contributed by atoms with Crippen LogP contribution in [0.25, 0.3) is 11.0 Å². The molecule has 0 fully saturated rings. The topological polar surface area (TPSA) is 73.6 Å². The number of azo groups is 1. The van der Waals surface area contributed by atoms with Gasteiger partial charge in [0.2, 0.25) is 0 Å². The van der Waals surface area contributed by atoms with E-state index in [4.69, 9.17) is 5.11 Å². The molecule has 0 amide bonds. The van der Waals surface area contributed by atoms with Crippen molar-refractivity contribution in [1.29, 1.82) is 0 Å². The van der Waals surface area contributed by atoms with Crippen LogP contribution in [0.4, 0.5) is 11.4 Å². The number of fused-ring (bicyclic) bond motifs is 1. The van der Waals surface area contributed by atoms with Crippen LogP contribution in [0.1, 0.15) is 0 Å². The Labute approximate surface area is 103 Å². The van der Waals surface area contributed by atoms with Crippen molar-refractivity contribution in [2.45, 2.75) is 0 Å². The van der Waals surface area contributed by atoms with E-state index in [1.54, 1.807) is 30.6 Å². The van der Waals surface area contributed by atoms with Gasteiger partial charge in [-0.2, -0.15) is 10.2 Å². The van der Waals surface area contributed by atoms with Crippen molar-refractivity contribution in [2.75, 3.05) is 0 Å². The monoisotopic (exact) mass is 238 g/mol. The molecule has 1 heterocycles. The van der Waals surface area contributed by atoms with Crippen LogP contribution >= 0.6 is 0 Å². The first-order valence-electron chi connectivity index (χ1n) is 5.45. The Morgan fingerprint density at radius 1 is 0.944 bits per heavy atom. The molecule has 18 heavy (non-hydrogen) atoms. The number of H-pyrrole nitrogens is 1. The van der Waals surface area contributed by atoms with Gasteiger partial charge in [0, 0.05) is 0 Å². The maximum atomic E-state index is 9.15. The summed E-state index contributed by atoms with van der Waals surface area (Å²) in [6, 6.07) is 12.2. The molecule has 2 aromatic carbocycles. The normalized spacial score (nSPS) is 11.3. The van der Waals surface area contributed by atoms with E-state index < -0.39 is 0 Å². The van der Waals surface area contributed by atoms with Crippen LogP contribution in [0.2, 0.25) is 0 Å². The highest BCUT2D eigenvalue weighted by molar-refractivity contribution is 5.77. The minimum atomic E-state index is 0.216. The van der Waals surface area contributed by atoms with Crippen LogP contribution in [0, 0.1) is 0 Å². The number of imidazole rings is 1. The zero-order chi connectivity index (χ0) is 12.4. The van der Waals surface area contributed by atoms with Gasteiger partial charge >= 0.3 is 0 Å². The minimum absolute atomic E-state index is 0.216. The van der Waals surface area contributed by atoms with Crippen LogP contribution < -0.4 is 0 Å².